The zero-order valence-corrected chi connectivity index (χ0v) is 10.4. The lowest BCUT2D eigenvalue weighted by atomic mass is 9.95. The van der Waals surface area contributed by atoms with Crippen LogP contribution < -0.4 is 4.74 Å². The van der Waals surface area contributed by atoms with E-state index in [9.17, 15) is 5.11 Å². The van der Waals surface area contributed by atoms with E-state index in [4.69, 9.17) is 9.47 Å². The second-order valence-electron chi connectivity index (χ2n) is 4.42. The summed E-state index contributed by atoms with van der Waals surface area (Å²) < 4.78 is 10.3. The lowest BCUT2D eigenvalue weighted by Crippen LogP contribution is -2.32. The molecule has 16 heavy (non-hydrogen) atoms. The van der Waals surface area contributed by atoms with Gasteiger partial charge in [0.2, 0.25) is 0 Å². The normalized spacial score (nSPS) is 14.6. The minimum atomic E-state index is -0.865. The molecule has 1 rings (SSSR count). The van der Waals surface area contributed by atoms with Crippen LogP contribution in [0.4, 0.5) is 0 Å². The van der Waals surface area contributed by atoms with Gasteiger partial charge in [-0.3, -0.25) is 0 Å². The Morgan fingerprint density at radius 2 is 2.00 bits per heavy atom. The number of methoxy groups -OCH3 is 2. The maximum Gasteiger partial charge on any atom is 0.122 e. The summed E-state index contributed by atoms with van der Waals surface area (Å²) in [5.41, 5.74) is 1.30. The molecule has 1 atom stereocenters. The Kier molecular flexibility index (Phi) is 4.33. The summed E-state index contributed by atoms with van der Waals surface area (Å²) in [5, 5.41) is 10.1. The third-order valence-corrected chi connectivity index (χ3v) is 2.46. The molecule has 0 bridgehead atoms. The van der Waals surface area contributed by atoms with Crippen molar-refractivity contribution < 1.29 is 14.6 Å². The van der Waals surface area contributed by atoms with Gasteiger partial charge in [-0.25, -0.2) is 0 Å². The number of ether oxygens (including phenoxy) is 2. The van der Waals surface area contributed by atoms with Crippen molar-refractivity contribution in [2.24, 2.45) is 0 Å². The summed E-state index contributed by atoms with van der Waals surface area (Å²) in [5.74, 6) is 0.807. The van der Waals surface area contributed by atoms with E-state index < -0.39 is 5.60 Å². The number of aryl methyl sites for hydroxylation is 1. The standard InChI is InChI=1S/C13H20O3/c1-10-5-6-12(16-4)11(7-10)8-13(2,14)9-15-3/h5-7,14H,8-9H2,1-4H3. The maximum absolute atomic E-state index is 10.1. The Bertz CT molecular complexity index is 345. The van der Waals surface area contributed by atoms with Gasteiger partial charge in [-0.1, -0.05) is 17.7 Å². The van der Waals surface area contributed by atoms with Gasteiger partial charge in [0, 0.05) is 13.5 Å². The molecule has 1 aromatic rings. The molecule has 0 aliphatic rings. The van der Waals surface area contributed by atoms with Crippen LogP contribution >= 0.6 is 0 Å². The molecule has 0 fully saturated rings. The topological polar surface area (TPSA) is 38.7 Å². The van der Waals surface area contributed by atoms with Gasteiger partial charge < -0.3 is 14.6 Å². The first-order chi connectivity index (χ1) is 7.48. The molecule has 0 saturated heterocycles. The Morgan fingerprint density at radius 3 is 2.56 bits per heavy atom. The van der Waals surface area contributed by atoms with E-state index in [0.717, 1.165) is 16.9 Å². The average molecular weight is 224 g/mol. The summed E-state index contributed by atoms with van der Waals surface area (Å²) in [4.78, 5) is 0. The predicted molar refractivity (Wildman–Crippen MR) is 63.9 cm³/mol. The SMILES string of the molecule is COCC(C)(O)Cc1cc(C)ccc1OC. The summed E-state index contributed by atoms with van der Waals surface area (Å²) in [6.07, 6.45) is 0.520. The molecule has 0 spiro atoms. The number of aliphatic hydroxyl groups is 1. The highest BCUT2D eigenvalue weighted by Crippen LogP contribution is 2.24. The highest BCUT2D eigenvalue weighted by atomic mass is 16.5. The Balaban J connectivity index is 2.90. The molecule has 0 saturated carbocycles. The van der Waals surface area contributed by atoms with Crippen LogP contribution in [-0.4, -0.2) is 31.5 Å². The van der Waals surface area contributed by atoms with E-state index in [1.807, 2.05) is 25.1 Å². The van der Waals surface area contributed by atoms with Gasteiger partial charge in [0.1, 0.15) is 5.75 Å². The minimum absolute atomic E-state index is 0.310. The fourth-order valence-electron chi connectivity index (χ4n) is 1.82. The third-order valence-electron chi connectivity index (χ3n) is 2.46. The minimum Gasteiger partial charge on any atom is -0.496 e. The highest BCUT2D eigenvalue weighted by Gasteiger charge is 2.22. The molecule has 1 aromatic carbocycles. The number of hydrogen-bond acceptors (Lipinski definition) is 3. The van der Waals surface area contributed by atoms with Crippen LogP contribution in [0.3, 0.4) is 0 Å². The van der Waals surface area contributed by atoms with Crippen molar-refractivity contribution in [1.29, 1.82) is 0 Å². The van der Waals surface area contributed by atoms with Crippen LogP contribution in [0.1, 0.15) is 18.1 Å². The van der Waals surface area contributed by atoms with Crippen LogP contribution in [0.2, 0.25) is 0 Å². The summed E-state index contributed by atoms with van der Waals surface area (Å²) in [6.45, 7) is 4.09. The second kappa shape index (κ2) is 5.32. The summed E-state index contributed by atoms with van der Waals surface area (Å²) in [6, 6.07) is 5.95. The molecule has 1 unspecified atom stereocenters. The average Bonchev–Trinajstić information content (AvgIpc) is 2.17. The number of rotatable bonds is 5. The summed E-state index contributed by atoms with van der Waals surface area (Å²) in [7, 11) is 3.22. The Labute approximate surface area is 97.0 Å². The molecule has 0 aliphatic heterocycles. The van der Waals surface area contributed by atoms with Crippen molar-refractivity contribution >= 4 is 0 Å². The molecular formula is C13H20O3. The van der Waals surface area contributed by atoms with E-state index in [2.05, 4.69) is 0 Å². The van der Waals surface area contributed by atoms with Crippen LogP contribution in [0.5, 0.6) is 5.75 Å². The van der Waals surface area contributed by atoms with Gasteiger partial charge in [-0.05, 0) is 25.5 Å². The van der Waals surface area contributed by atoms with E-state index >= 15 is 0 Å². The van der Waals surface area contributed by atoms with Crippen LogP contribution in [0.15, 0.2) is 18.2 Å². The monoisotopic (exact) mass is 224 g/mol. The fourth-order valence-corrected chi connectivity index (χ4v) is 1.82. The number of benzene rings is 1. The lowest BCUT2D eigenvalue weighted by Gasteiger charge is -2.23. The molecule has 90 valence electrons. The molecular weight excluding hydrogens is 204 g/mol. The van der Waals surface area contributed by atoms with Gasteiger partial charge in [0.25, 0.3) is 0 Å². The van der Waals surface area contributed by atoms with Gasteiger partial charge in [-0.15, -0.1) is 0 Å². The Morgan fingerprint density at radius 1 is 1.31 bits per heavy atom. The summed E-state index contributed by atoms with van der Waals surface area (Å²) >= 11 is 0. The van der Waals surface area contributed by atoms with E-state index in [1.54, 1.807) is 21.1 Å². The van der Waals surface area contributed by atoms with Gasteiger partial charge in [0.15, 0.2) is 0 Å². The molecule has 3 nitrogen and oxygen atoms in total. The predicted octanol–water partition coefficient (Wildman–Crippen LogP) is 1.94. The third kappa shape index (κ3) is 3.51. The van der Waals surface area contributed by atoms with Crippen molar-refractivity contribution in [1.82, 2.24) is 0 Å². The van der Waals surface area contributed by atoms with Crippen molar-refractivity contribution in [3.05, 3.63) is 29.3 Å². The van der Waals surface area contributed by atoms with Gasteiger partial charge >= 0.3 is 0 Å². The first-order valence-electron chi connectivity index (χ1n) is 5.33. The van der Waals surface area contributed by atoms with Crippen LogP contribution in [0, 0.1) is 6.92 Å². The molecule has 0 radical (unpaired) electrons. The van der Waals surface area contributed by atoms with E-state index in [-0.39, 0.29) is 0 Å². The van der Waals surface area contributed by atoms with Gasteiger partial charge in [0.05, 0.1) is 19.3 Å². The van der Waals surface area contributed by atoms with Crippen LogP contribution in [0.25, 0.3) is 0 Å². The molecule has 0 amide bonds. The lowest BCUT2D eigenvalue weighted by molar-refractivity contribution is -0.0164. The van der Waals surface area contributed by atoms with Crippen molar-refractivity contribution in [2.45, 2.75) is 25.9 Å². The quantitative estimate of drug-likeness (QED) is 0.830. The van der Waals surface area contributed by atoms with Crippen molar-refractivity contribution in [3.8, 4) is 5.75 Å². The molecule has 0 aliphatic carbocycles. The van der Waals surface area contributed by atoms with Crippen LogP contribution in [-0.2, 0) is 11.2 Å². The Hall–Kier alpha value is -1.06. The molecule has 0 aromatic heterocycles. The first-order valence-corrected chi connectivity index (χ1v) is 5.33. The smallest absolute Gasteiger partial charge is 0.122 e. The van der Waals surface area contributed by atoms with Crippen molar-refractivity contribution in [2.75, 3.05) is 20.8 Å². The molecule has 1 N–H and O–H groups in total. The molecule has 0 heterocycles. The largest absolute Gasteiger partial charge is 0.496 e. The number of hydrogen-bond donors (Lipinski definition) is 1. The van der Waals surface area contributed by atoms with E-state index in [1.165, 1.54) is 0 Å². The molecule has 3 heteroatoms. The zero-order chi connectivity index (χ0) is 12.2. The van der Waals surface area contributed by atoms with Gasteiger partial charge in [-0.2, -0.15) is 0 Å². The fraction of sp³-hybridized carbons (Fsp3) is 0.538. The zero-order valence-electron chi connectivity index (χ0n) is 10.4. The maximum atomic E-state index is 10.1. The highest BCUT2D eigenvalue weighted by molar-refractivity contribution is 5.37. The van der Waals surface area contributed by atoms with Crippen molar-refractivity contribution in [3.63, 3.8) is 0 Å². The van der Waals surface area contributed by atoms with E-state index in [0.29, 0.717) is 13.0 Å². The second-order valence-corrected chi connectivity index (χ2v) is 4.42. The first kappa shape index (κ1) is 13.0.